The fraction of sp³-hybridized carbons (Fsp3) is 0.310. The van der Waals surface area contributed by atoms with Gasteiger partial charge in [0.1, 0.15) is 16.3 Å². The van der Waals surface area contributed by atoms with Gasteiger partial charge in [0, 0.05) is 17.5 Å². The largest absolute Gasteiger partial charge is 0.482 e. The predicted octanol–water partition coefficient (Wildman–Crippen LogP) is 6.61. The summed E-state index contributed by atoms with van der Waals surface area (Å²) in [5.41, 5.74) is 5.20. The highest BCUT2D eigenvalue weighted by Gasteiger charge is 2.24. The maximum Gasteiger partial charge on any atom is 0.341 e. The number of nitrogens with one attached hydrogen (secondary N) is 1. The minimum atomic E-state index is -0.492. The third kappa shape index (κ3) is 6.34. The number of thioether (sulfide) groups is 1. The van der Waals surface area contributed by atoms with Crippen molar-refractivity contribution in [1.82, 2.24) is 14.8 Å². The van der Waals surface area contributed by atoms with Gasteiger partial charge in [-0.05, 0) is 57.4 Å². The van der Waals surface area contributed by atoms with E-state index >= 15 is 0 Å². The zero-order valence-electron chi connectivity index (χ0n) is 22.9. The van der Waals surface area contributed by atoms with Gasteiger partial charge in [0.05, 0.1) is 12.9 Å². The van der Waals surface area contributed by atoms with Gasteiger partial charge in [0.2, 0.25) is 5.91 Å². The number of benzene rings is 2. The Bertz CT molecular complexity index is 1490. The standard InChI is InChI=1S/C29H32N4O4S2/c1-7-33-26(20(5)37-23-11-9-8-10-19(23)4)31-32-29(33)39-16-24(34)30-27-25(28(35)36-6)22(15-38-27)21-14-17(2)12-13-18(21)3/h8-15,20H,7,16H2,1-6H3,(H,30,34). The minimum Gasteiger partial charge on any atom is -0.482 e. The summed E-state index contributed by atoms with van der Waals surface area (Å²) in [5, 5.41) is 14.5. The molecule has 1 atom stereocenters. The summed E-state index contributed by atoms with van der Waals surface area (Å²) in [4.78, 5) is 25.7. The lowest BCUT2D eigenvalue weighted by molar-refractivity contribution is -0.113. The molecule has 0 spiro atoms. The van der Waals surface area contributed by atoms with Crippen LogP contribution in [-0.2, 0) is 16.1 Å². The molecule has 2 aromatic carbocycles. The number of para-hydroxylation sites is 1. The number of carbonyl (C=O) groups excluding carboxylic acids is 2. The molecule has 1 amide bonds. The molecule has 1 N–H and O–H groups in total. The van der Waals surface area contributed by atoms with Gasteiger partial charge in [-0.3, -0.25) is 4.79 Å². The van der Waals surface area contributed by atoms with E-state index in [0.717, 1.165) is 33.6 Å². The molecule has 0 fully saturated rings. The van der Waals surface area contributed by atoms with Gasteiger partial charge < -0.3 is 19.4 Å². The van der Waals surface area contributed by atoms with Crippen LogP contribution in [-0.4, -0.2) is 39.5 Å². The van der Waals surface area contributed by atoms with Gasteiger partial charge in [-0.15, -0.1) is 21.5 Å². The predicted molar refractivity (Wildman–Crippen MR) is 156 cm³/mol. The van der Waals surface area contributed by atoms with Crippen molar-refractivity contribution in [2.45, 2.75) is 52.4 Å². The van der Waals surface area contributed by atoms with Crippen LogP contribution >= 0.6 is 23.1 Å². The van der Waals surface area contributed by atoms with E-state index < -0.39 is 5.97 Å². The van der Waals surface area contributed by atoms with Crippen molar-refractivity contribution in [1.29, 1.82) is 0 Å². The van der Waals surface area contributed by atoms with Crippen LogP contribution in [0.2, 0.25) is 0 Å². The highest BCUT2D eigenvalue weighted by molar-refractivity contribution is 7.99. The zero-order valence-corrected chi connectivity index (χ0v) is 24.5. The molecule has 0 aliphatic rings. The van der Waals surface area contributed by atoms with Crippen LogP contribution < -0.4 is 10.1 Å². The number of methoxy groups -OCH3 is 1. The lowest BCUT2D eigenvalue weighted by Crippen LogP contribution is -2.17. The average Bonchev–Trinajstić information content (AvgIpc) is 3.53. The second-order valence-corrected chi connectivity index (χ2v) is 10.9. The van der Waals surface area contributed by atoms with E-state index in [1.165, 1.54) is 30.2 Å². The molecule has 0 saturated carbocycles. The normalized spacial score (nSPS) is 11.7. The molecule has 2 aromatic heterocycles. The van der Waals surface area contributed by atoms with E-state index in [-0.39, 0.29) is 17.8 Å². The smallest absolute Gasteiger partial charge is 0.341 e. The van der Waals surface area contributed by atoms with Crippen molar-refractivity contribution < 1.29 is 19.1 Å². The quantitative estimate of drug-likeness (QED) is 0.171. The second-order valence-electron chi connectivity index (χ2n) is 9.11. The van der Waals surface area contributed by atoms with Crippen molar-refractivity contribution in [2.24, 2.45) is 0 Å². The van der Waals surface area contributed by atoms with Crippen molar-refractivity contribution in [3.05, 3.63) is 75.9 Å². The first-order valence-corrected chi connectivity index (χ1v) is 14.4. The Kier molecular flexibility index (Phi) is 9.08. The third-order valence-corrected chi connectivity index (χ3v) is 8.13. The van der Waals surface area contributed by atoms with E-state index in [2.05, 4.69) is 15.5 Å². The average molecular weight is 565 g/mol. The molecular formula is C29H32N4O4S2. The van der Waals surface area contributed by atoms with Crippen molar-refractivity contribution in [2.75, 3.05) is 18.2 Å². The van der Waals surface area contributed by atoms with E-state index in [1.807, 2.05) is 87.0 Å². The number of hydrogen-bond acceptors (Lipinski definition) is 8. The molecule has 0 saturated heterocycles. The maximum absolute atomic E-state index is 13.0. The number of anilines is 1. The van der Waals surface area contributed by atoms with Crippen LogP contribution in [0.15, 0.2) is 53.0 Å². The number of carbonyl (C=O) groups is 2. The van der Waals surface area contributed by atoms with Gasteiger partial charge >= 0.3 is 5.97 Å². The van der Waals surface area contributed by atoms with Gasteiger partial charge in [-0.1, -0.05) is 53.7 Å². The minimum absolute atomic E-state index is 0.0997. The van der Waals surface area contributed by atoms with Gasteiger partial charge in [-0.25, -0.2) is 4.79 Å². The number of hydrogen-bond donors (Lipinski definition) is 1. The Labute approximate surface area is 236 Å². The summed E-state index contributed by atoms with van der Waals surface area (Å²) in [6.45, 7) is 10.6. The molecule has 0 aliphatic heterocycles. The van der Waals surface area contributed by atoms with Crippen LogP contribution in [0.4, 0.5) is 5.00 Å². The zero-order chi connectivity index (χ0) is 28.1. The van der Waals surface area contributed by atoms with Gasteiger partial charge in [0.15, 0.2) is 17.1 Å². The summed E-state index contributed by atoms with van der Waals surface area (Å²) >= 11 is 2.59. The number of nitrogens with zero attached hydrogens (tertiary/aromatic N) is 3. The molecule has 4 aromatic rings. The first-order valence-electron chi connectivity index (χ1n) is 12.6. The summed E-state index contributed by atoms with van der Waals surface area (Å²) < 4.78 is 13.1. The Morgan fingerprint density at radius 3 is 2.56 bits per heavy atom. The number of esters is 1. The molecular weight excluding hydrogens is 532 g/mol. The third-order valence-electron chi connectivity index (χ3n) is 6.27. The molecule has 8 nitrogen and oxygen atoms in total. The maximum atomic E-state index is 13.0. The first-order chi connectivity index (χ1) is 18.7. The number of amides is 1. The fourth-order valence-corrected chi connectivity index (χ4v) is 5.98. The van der Waals surface area contributed by atoms with Gasteiger partial charge in [0.25, 0.3) is 0 Å². The van der Waals surface area contributed by atoms with Crippen LogP contribution in [0.3, 0.4) is 0 Å². The van der Waals surface area contributed by atoms with Crippen LogP contribution in [0.1, 0.15) is 52.8 Å². The van der Waals surface area contributed by atoms with Crippen LogP contribution in [0.25, 0.3) is 11.1 Å². The number of aromatic nitrogens is 3. The highest BCUT2D eigenvalue weighted by Crippen LogP contribution is 2.38. The highest BCUT2D eigenvalue weighted by atomic mass is 32.2. The Morgan fingerprint density at radius 1 is 1.08 bits per heavy atom. The molecule has 0 aliphatic carbocycles. The van der Waals surface area contributed by atoms with E-state index in [0.29, 0.717) is 28.1 Å². The number of thiophene rings is 1. The molecule has 0 bridgehead atoms. The van der Waals surface area contributed by atoms with E-state index in [9.17, 15) is 9.59 Å². The lowest BCUT2D eigenvalue weighted by atomic mass is 9.97. The molecule has 0 radical (unpaired) electrons. The van der Waals surface area contributed by atoms with Crippen LogP contribution in [0.5, 0.6) is 5.75 Å². The molecule has 39 heavy (non-hydrogen) atoms. The van der Waals surface area contributed by atoms with Crippen molar-refractivity contribution in [3.63, 3.8) is 0 Å². The molecule has 2 heterocycles. The first kappa shape index (κ1) is 28.4. The topological polar surface area (TPSA) is 95.3 Å². The number of ether oxygens (including phenoxy) is 2. The Morgan fingerprint density at radius 2 is 1.85 bits per heavy atom. The number of rotatable bonds is 10. The second kappa shape index (κ2) is 12.5. The molecule has 204 valence electrons. The Balaban J connectivity index is 1.48. The molecule has 10 heteroatoms. The fourth-order valence-electron chi connectivity index (χ4n) is 4.21. The van der Waals surface area contributed by atoms with Crippen molar-refractivity contribution in [3.8, 4) is 16.9 Å². The summed E-state index contributed by atoms with van der Waals surface area (Å²) in [6, 6.07) is 13.9. The van der Waals surface area contributed by atoms with E-state index in [1.54, 1.807) is 0 Å². The summed E-state index contributed by atoms with van der Waals surface area (Å²) in [5.74, 6) is 0.835. The molecule has 1 unspecified atom stereocenters. The number of aryl methyl sites for hydroxylation is 3. The summed E-state index contributed by atoms with van der Waals surface area (Å²) in [6.07, 6.45) is -0.320. The Hall–Kier alpha value is -3.63. The SMILES string of the molecule is CCn1c(SCC(=O)Nc2scc(-c3cc(C)ccc3C)c2C(=O)OC)nnc1C(C)Oc1ccccc1C. The molecule has 4 rings (SSSR count). The van der Waals surface area contributed by atoms with Crippen molar-refractivity contribution >= 4 is 40.0 Å². The van der Waals surface area contributed by atoms with Gasteiger partial charge in [-0.2, -0.15) is 0 Å². The lowest BCUT2D eigenvalue weighted by Gasteiger charge is -2.17. The van der Waals surface area contributed by atoms with E-state index in [4.69, 9.17) is 9.47 Å². The van der Waals surface area contributed by atoms with Crippen LogP contribution in [0, 0.1) is 20.8 Å². The monoisotopic (exact) mass is 564 g/mol. The summed E-state index contributed by atoms with van der Waals surface area (Å²) in [7, 11) is 1.34.